The van der Waals surface area contributed by atoms with Gasteiger partial charge >= 0.3 is 5.97 Å². The van der Waals surface area contributed by atoms with Crippen LogP contribution in [0.2, 0.25) is 0 Å². The number of nitriles is 1. The summed E-state index contributed by atoms with van der Waals surface area (Å²) in [6, 6.07) is 17.2. The van der Waals surface area contributed by atoms with Gasteiger partial charge < -0.3 is 15.4 Å². The third kappa shape index (κ3) is 3.31. The summed E-state index contributed by atoms with van der Waals surface area (Å²) in [4.78, 5) is 29.1. The number of hydrogen-bond donors (Lipinski definition) is 2. The zero-order chi connectivity index (χ0) is 22.3. The molecule has 3 aliphatic carbocycles. The molecule has 0 radical (unpaired) electrons. The minimum absolute atomic E-state index is 0.0691. The van der Waals surface area contributed by atoms with Gasteiger partial charge in [-0.15, -0.1) is 11.3 Å². The number of nitrogens with one attached hydrogen (secondary N) is 2. The van der Waals surface area contributed by atoms with Crippen LogP contribution in [0.25, 0.3) is 11.3 Å². The number of amides is 1. The smallest absolute Gasteiger partial charge is 0.311 e. The van der Waals surface area contributed by atoms with Crippen molar-refractivity contribution < 1.29 is 14.3 Å². The van der Waals surface area contributed by atoms with Crippen LogP contribution in [0.15, 0.2) is 53.9 Å². The van der Waals surface area contributed by atoms with Crippen molar-refractivity contribution in [2.24, 2.45) is 10.8 Å². The van der Waals surface area contributed by atoms with E-state index in [0.717, 1.165) is 22.6 Å². The summed E-state index contributed by atoms with van der Waals surface area (Å²) in [5.74, 6) is -0.279. The van der Waals surface area contributed by atoms with Crippen molar-refractivity contribution in [2.45, 2.75) is 19.3 Å². The summed E-state index contributed by atoms with van der Waals surface area (Å²) >= 11 is 1.38. The molecular weight excluding hydrogens is 424 g/mol. The number of anilines is 3. The van der Waals surface area contributed by atoms with E-state index in [1.165, 1.54) is 18.4 Å². The average molecular weight is 445 g/mol. The predicted octanol–water partition coefficient (Wildman–Crippen LogP) is 4.71. The second kappa shape index (κ2) is 7.46. The van der Waals surface area contributed by atoms with Crippen LogP contribution in [-0.2, 0) is 14.3 Å². The van der Waals surface area contributed by atoms with Gasteiger partial charge in [-0.25, -0.2) is 4.98 Å². The van der Waals surface area contributed by atoms with Crippen molar-refractivity contribution in [1.29, 1.82) is 5.26 Å². The highest BCUT2D eigenvalue weighted by Gasteiger charge is 2.75. The topological polar surface area (TPSA) is 104 Å². The van der Waals surface area contributed by atoms with E-state index in [2.05, 4.69) is 21.7 Å². The fourth-order valence-electron chi connectivity index (χ4n) is 4.71. The first-order valence-electron chi connectivity index (χ1n) is 10.2. The number of carbonyl (C=O) groups excluding carboxylic acids is 2. The summed E-state index contributed by atoms with van der Waals surface area (Å²) in [6.45, 7) is 0. The van der Waals surface area contributed by atoms with Crippen molar-refractivity contribution in [3.05, 3.63) is 59.5 Å². The van der Waals surface area contributed by atoms with E-state index in [-0.39, 0.29) is 11.9 Å². The maximum absolute atomic E-state index is 12.7. The number of hydrogen-bond acceptors (Lipinski definition) is 7. The normalized spacial score (nSPS) is 22.6. The van der Waals surface area contributed by atoms with Crippen molar-refractivity contribution in [3.63, 3.8) is 0 Å². The molecule has 2 N–H and O–H groups in total. The van der Waals surface area contributed by atoms with Crippen molar-refractivity contribution in [3.8, 4) is 17.3 Å². The highest BCUT2D eigenvalue weighted by Crippen LogP contribution is 2.74. The van der Waals surface area contributed by atoms with Crippen LogP contribution in [0, 0.1) is 22.2 Å². The highest BCUT2D eigenvalue weighted by atomic mass is 32.1. The number of nitrogens with zero attached hydrogens (tertiary/aromatic N) is 2. The number of aromatic nitrogens is 1. The lowest BCUT2D eigenvalue weighted by atomic mass is 9.35. The molecule has 160 valence electrons. The third-order valence-corrected chi connectivity index (χ3v) is 7.07. The Balaban J connectivity index is 1.24. The van der Waals surface area contributed by atoms with Crippen molar-refractivity contribution in [2.75, 3.05) is 17.7 Å². The molecule has 0 unspecified atom stereocenters. The fraction of sp³-hybridized carbons (Fsp3) is 0.250. The SMILES string of the molecule is COC(=O)C12CC(C(=O)Nc3nc(-c4cccc(Nc5ccc(C#N)cc5)c4)cs3)(C1)C2. The Morgan fingerprint density at radius 1 is 1.09 bits per heavy atom. The highest BCUT2D eigenvalue weighted by molar-refractivity contribution is 7.14. The van der Waals surface area contributed by atoms with Crippen LogP contribution in [0.1, 0.15) is 24.8 Å². The molecule has 1 aromatic heterocycles. The van der Waals surface area contributed by atoms with E-state index in [9.17, 15) is 9.59 Å². The number of carbonyl (C=O) groups is 2. The summed E-state index contributed by atoms with van der Waals surface area (Å²) in [5.41, 5.74) is 3.20. The number of methoxy groups -OCH3 is 1. The van der Waals surface area contributed by atoms with Crippen LogP contribution >= 0.6 is 11.3 Å². The number of thiazole rings is 1. The zero-order valence-corrected chi connectivity index (χ0v) is 18.2. The van der Waals surface area contributed by atoms with Gasteiger partial charge in [0.2, 0.25) is 5.91 Å². The Bertz CT molecular complexity index is 1240. The van der Waals surface area contributed by atoms with Gasteiger partial charge in [-0.1, -0.05) is 12.1 Å². The number of benzene rings is 2. The molecule has 3 fully saturated rings. The van der Waals surface area contributed by atoms with Gasteiger partial charge in [0.25, 0.3) is 0 Å². The largest absolute Gasteiger partial charge is 0.469 e. The molecule has 0 atom stereocenters. The lowest BCUT2D eigenvalue weighted by molar-refractivity contribution is -0.220. The van der Waals surface area contributed by atoms with Crippen molar-refractivity contribution in [1.82, 2.24) is 4.98 Å². The molecule has 0 saturated heterocycles. The first-order chi connectivity index (χ1) is 15.4. The maximum atomic E-state index is 12.7. The molecule has 0 aliphatic heterocycles. The van der Waals surface area contributed by atoms with Gasteiger partial charge in [0.15, 0.2) is 5.13 Å². The van der Waals surface area contributed by atoms with Crippen molar-refractivity contribution >= 4 is 39.7 Å². The fourth-order valence-corrected chi connectivity index (χ4v) is 5.42. The molecule has 8 heteroatoms. The summed E-state index contributed by atoms with van der Waals surface area (Å²) in [5, 5.41) is 17.6. The average Bonchev–Trinajstić information content (AvgIpc) is 3.21. The first-order valence-corrected chi connectivity index (χ1v) is 11.1. The minimum Gasteiger partial charge on any atom is -0.469 e. The Labute approximate surface area is 189 Å². The zero-order valence-electron chi connectivity index (χ0n) is 17.3. The second-order valence-corrected chi connectivity index (χ2v) is 9.33. The molecule has 7 nitrogen and oxygen atoms in total. The van der Waals surface area contributed by atoms with Crippen LogP contribution < -0.4 is 10.6 Å². The Kier molecular flexibility index (Phi) is 4.72. The molecule has 0 spiro atoms. The third-order valence-electron chi connectivity index (χ3n) is 6.32. The van der Waals surface area contributed by atoms with E-state index < -0.39 is 10.8 Å². The molecular formula is C24H20N4O3S. The molecule has 3 aromatic rings. The molecule has 1 amide bonds. The summed E-state index contributed by atoms with van der Waals surface area (Å²) < 4.78 is 4.85. The van der Waals surface area contributed by atoms with Gasteiger partial charge in [-0.3, -0.25) is 9.59 Å². The monoisotopic (exact) mass is 444 g/mol. The molecule has 2 aromatic carbocycles. The molecule has 2 bridgehead atoms. The van der Waals surface area contributed by atoms with Gasteiger partial charge in [0, 0.05) is 22.3 Å². The van der Waals surface area contributed by atoms with E-state index in [1.807, 2.05) is 41.8 Å². The van der Waals surface area contributed by atoms with Crippen LogP contribution in [-0.4, -0.2) is 24.0 Å². The van der Waals surface area contributed by atoms with Gasteiger partial charge in [-0.05, 0) is 55.7 Å². The molecule has 3 aliphatic rings. The summed E-state index contributed by atoms with van der Waals surface area (Å²) in [7, 11) is 1.39. The van der Waals surface area contributed by atoms with Crippen LogP contribution in [0.4, 0.5) is 16.5 Å². The Morgan fingerprint density at radius 2 is 1.84 bits per heavy atom. The predicted molar refractivity (Wildman–Crippen MR) is 121 cm³/mol. The van der Waals surface area contributed by atoms with E-state index in [4.69, 9.17) is 10.00 Å². The van der Waals surface area contributed by atoms with Gasteiger partial charge in [-0.2, -0.15) is 5.26 Å². The first kappa shape index (κ1) is 20.2. The molecule has 6 rings (SSSR count). The number of ether oxygens (including phenoxy) is 1. The lowest BCUT2D eigenvalue weighted by Crippen LogP contribution is -2.69. The van der Waals surface area contributed by atoms with Gasteiger partial charge in [0.05, 0.1) is 35.3 Å². The molecule has 3 saturated carbocycles. The minimum atomic E-state index is -0.453. The standard InChI is InChI=1S/C24H20N4O3S/c1-31-21(30)24-12-23(13-24,14-24)20(29)28-22-27-19(11-32-22)16-3-2-4-18(9-16)26-17-7-5-15(10-25)6-8-17/h2-9,11,26H,12-14H2,1H3,(H,27,28,29). The van der Waals surface area contributed by atoms with E-state index in [1.54, 1.807) is 12.1 Å². The Morgan fingerprint density at radius 3 is 2.53 bits per heavy atom. The number of esters is 1. The Hall–Kier alpha value is -3.70. The summed E-state index contributed by atoms with van der Waals surface area (Å²) in [6.07, 6.45) is 1.67. The lowest BCUT2D eigenvalue weighted by Gasteiger charge is -2.66. The van der Waals surface area contributed by atoms with Crippen LogP contribution in [0.5, 0.6) is 0 Å². The van der Waals surface area contributed by atoms with E-state index in [0.29, 0.717) is 30.0 Å². The van der Waals surface area contributed by atoms with Gasteiger partial charge in [0.1, 0.15) is 0 Å². The number of rotatable bonds is 6. The second-order valence-electron chi connectivity index (χ2n) is 8.47. The quantitative estimate of drug-likeness (QED) is 0.534. The maximum Gasteiger partial charge on any atom is 0.311 e. The molecule has 32 heavy (non-hydrogen) atoms. The van der Waals surface area contributed by atoms with Crippen LogP contribution in [0.3, 0.4) is 0 Å². The van der Waals surface area contributed by atoms with E-state index >= 15 is 0 Å². The molecule has 1 heterocycles.